The highest BCUT2D eigenvalue weighted by molar-refractivity contribution is 6.32. The summed E-state index contributed by atoms with van der Waals surface area (Å²) in [5.74, 6) is 0.119. The van der Waals surface area contributed by atoms with Crippen molar-refractivity contribution in [1.82, 2.24) is 0 Å². The zero-order valence-electron chi connectivity index (χ0n) is 8.07. The Morgan fingerprint density at radius 3 is 3.00 bits per heavy atom. The number of fused-ring (bicyclic) bond motifs is 1. The number of benzene rings is 1. The summed E-state index contributed by atoms with van der Waals surface area (Å²) in [5, 5.41) is 10.6. The van der Waals surface area contributed by atoms with Crippen molar-refractivity contribution in [2.45, 2.75) is 25.4 Å². The molecule has 2 rings (SSSR count). The van der Waals surface area contributed by atoms with E-state index in [1.807, 2.05) is 37.3 Å². The first-order valence-electron chi connectivity index (χ1n) is 4.88. The third-order valence-corrected chi connectivity index (χ3v) is 3.08. The summed E-state index contributed by atoms with van der Waals surface area (Å²) < 4.78 is 0. The fourth-order valence-electron chi connectivity index (χ4n) is 1.91. The van der Waals surface area contributed by atoms with Gasteiger partial charge in [0.05, 0.1) is 6.10 Å². The third kappa shape index (κ3) is 1.47. The Bertz CT molecular complexity index is 371. The zero-order chi connectivity index (χ0) is 10.1. The van der Waals surface area contributed by atoms with E-state index in [-0.39, 0.29) is 12.0 Å². The highest BCUT2D eigenvalue weighted by Gasteiger charge is 2.24. The van der Waals surface area contributed by atoms with Crippen molar-refractivity contribution in [3.63, 3.8) is 0 Å². The summed E-state index contributed by atoms with van der Waals surface area (Å²) in [4.78, 5) is 0. The molecule has 1 N–H and O–H groups in total. The van der Waals surface area contributed by atoms with Crippen molar-refractivity contribution in [1.29, 1.82) is 0 Å². The molecule has 2 unspecified atom stereocenters. The van der Waals surface area contributed by atoms with Crippen LogP contribution in [0.15, 0.2) is 24.3 Å². The van der Waals surface area contributed by atoms with E-state index in [1.165, 1.54) is 0 Å². The Hall–Kier alpha value is -0.790. The van der Waals surface area contributed by atoms with Gasteiger partial charge in [-0.3, -0.25) is 0 Å². The van der Waals surface area contributed by atoms with Crippen molar-refractivity contribution < 1.29 is 5.11 Å². The Morgan fingerprint density at radius 2 is 2.29 bits per heavy atom. The van der Waals surface area contributed by atoms with Crippen LogP contribution >= 0.6 is 11.6 Å². The maximum Gasteiger partial charge on any atom is 0.0641 e. The molecule has 1 aromatic carbocycles. The molecule has 0 saturated heterocycles. The second-order valence-electron chi connectivity index (χ2n) is 3.60. The molecule has 0 aromatic heterocycles. The largest absolute Gasteiger partial charge is 0.392 e. The first-order chi connectivity index (χ1) is 6.74. The number of hydrogen-bond acceptors (Lipinski definition) is 1. The third-order valence-electron chi connectivity index (χ3n) is 2.75. The van der Waals surface area contributed by atoms with Crippen LogP contribution in [0, 0.1) is 0 Å². The Morgan fingerprint density at radius 1 is 1.50 bits per heavy atom. The molecule has 2 heteroatoms. The van der Waals surface area contributed by atoms with Crippen LogP contribution in [0.2, 0.25) is 5.02 Å². The van der Waals surface area contributed by atoms with Gasteiger partial charge in [-0.15, -0.1) is 0 Å². The van der Waals surface area contributed by atoms with Gasteiger partial charge in [0.15, 0.2) is 0 Å². The normalized spacial score (nSPS) is 20.9. The van der Waals surface area contributed by atoms with Crippen molar-refractivity contribution in [2.75, 3.05) is 0 Å². The van der Waals surface area contributed by atoms with E-state index in [1.54, 1.807) is 0 Å². The predicted octanol–water partition coefficient (Wildman–Crippen LogP) is 3.22. The summed E-state index contributed by atoms with van der Waals surface area (Å²) >= 11 is 6.05. The highest BCUT2D eigenvalue weighted by atomic mass is 35.5. The van der Waals surface area contributed by atoms with Crippen molar-refractivity contribution in [3.8, 4) is 0 Å². The van der Waals surface area contributed by atoms with E-state index in [2.05, 4.69) is 0 Å². The monoisotopic (exact) mass is 208 g/mol. The lowest BCUT2D eigenvalue weighted by Gasteiger charge is -2.16. The van der Waals surface area contributed by atoms with Crippen LogP contribution in [-0.2, 0) is 0 Å². The summed E-state index contributed by atoms with van der Waals surface area (Å²) in [6.45, 7) is 1.99. The second kappa shape index (κ2) is 3.76. The minimum Gasteiger partial charge on any atom is -0.392 e. The molecule has 1 aliphatic rings. The molecule has 1 aromatic rings. The topological polar surface area (TPSA) is 20.2 Å². The van der Waals surface area contributed by atoms with Gasteiger partial charge in [-0.1, -0.05) is 42.8 Å². The number of rotatable bonds is 2. The van der Waals surface area contributed by atoms with Crippen LogP contribution in [-0.4, -0.2) is 11.2 Å². The van der Waals surface area contributed by atoms with E-state index in [9.17, 15) is 5.11 Å². The van der Waals surface area contributed by atoms with Crippen LogP contribution in [0.5, 0.6) is 0 Å². The van der Waals surface area contributed by atoms with Gasteiger partial charge >= 0.3 is 0 Å². The van der Waals surface area contributed by atoms with Crippen LogP contribution in [0.25, 0.3) is 6.08 Å². The van der Waals surface area contributed by atoms with E-state index in [0.29, 0.717) is 0 Å². The van der Waals surface area contributed by atoms with Crippen LogP contribution in [0.4, 0.5) is 0 Å². The Kier molecular flexibility index (Phi) is 2.62. The average Bonchev–Trinajstić information content (AvgIpc) is 2.62. The molecule has 2 atom stereocenters. The molecule has 0 spiro atoms. The number of aliphatic hydroxyl groups is 1. The van der Waals surface area contributed by atoms with Crippen LogP contribution in [0.1, 0.15) is 30.4 Å². The van der Waals surface area contributed by atoms with E-state index < -0.39 is 0 Å². The molecular weight excluding hydrogens is 196 g/mol. The van der Waals surface area contributed by atoms with Crippen molar-refractivity contribution in [2.24, 2.45) is 0 Å². The summed E-state index contributed by atoms with van der Waals surface area (Å²) in [6, 6.07) is 5.85. The molecule has 0 heterocycles. The first kappa shape index (κ1) is 9.75. The molecule has 1 nitrogen and oxygen atoms in total. The minimum absolute atomic E-state index is 0.119. The quantitative estimate of drug-likeness (QED) is 0.791. The van der Waals surface area contributed by atoms with Crippen LogP contribution in [0.3, 0.4) is 0 Å². The van der Waals surface area contributed by atoms with E-state index >= 15 is 0 Å². The molecule has 0 aliphatic heterocycles. The van der Waals surface area contributed by atoms with Crippen LogP contribution < -0.4 is 0 Å². The highest BCUT2D eigenvalue weighted by Crippen LogP contribution is 2.36. The molecule has 74 valence electrons. The second-order valence-corrected chi connectivity index (χ2v) is 4.01. The van der Waals surface area contributed by atoms with Gasteiger partial charge in [0.25, 0.3) is 0 Å². The van der Waals surface area contributed by atoms with Gasteiger partial charge in [0.2, 0.25) is 0 Å². The standard InChI is InChI=1S/C12H13ClO/c1-2-12(14)10-7-6-9-8(10)4-3-5-11(9)13/h3-7,10,12,14H,2H2,1H3. The molecular formula is C12H13ClO. The first-order valence-corrected chi connectivity index (χ1v) is 5.26. The summed E-state index contributed by atoms with van der Waals surface area (Å²) in [6.07, 6.45) is 4.50. The number of hydrogen-bond donors (Lipinski definition) is 1. The maximum atomic E-state index is 9.80. The predicted molar refractivity (Wildman–Crippen MR) is 59.5 cm³/mol. The molecule has 14 heavy (non-hydrogen) atoms. The molecule has 0 bridgehead atoms. The SMILES string of the molecule is CCC(O)C1C=Cc2c(Cl)cccc21. The van der Waals surface area contributed by atoms with Gasteiger partial charge in [0.1, 0.15) is 0 Å². The summed E-state index contributed by atoms with van der Waals surface area (Å²) in [7, 11) is 0. The molecule has 1 aliphatic carbocycles. The lowest BCUT2D eigenvalue weighted by molar-refractivity contribution is 0.156. The lowest BCUT2D eigenvalue weighted by atomic mass is 9.94. The molecule has 0 fully saturated rings. The van der Waals surface area contributed by atoms with Crippen molar-refractivity contribution in [3.05, 3.63) is 40.4 Å². The van der Waals surface area contributed by atoms with Gasteiger partial charge in [-0.2, -0.15) is 0 Å². The van der Waals surface area contributed by atoms with Crippen molar-refractivity contribution >= 4 is 17.7 Å². The Labute approximate surface area is 89.0 Å². The summed E-state index contributed by atoms with van der Waals surface area (Å²) in [5.41, 5.74) is 2.21. The fourth-order valence-corrected chi connectivity index (χ4v) is 2.16. The number of halogens is 1. The minimum atomic E-state index is -0.300. The smallest absolute Gasteiger partial charge is 0.0641 e. The molecule has 0 radical (unpaired) electrons. The van der Waals surface area contributed by atoms with Gasteiger partial charge in [-0.05, 0) is 23.6 Å². The van der Waals surface area contributed by atoms with E-state index in [4.69, 9.17) is 11.6 Å². The maximum absolute atomic E-state index is 9.80. The molecule has 0 amide bonds. The zero-order valence-corrected chi connectivity index (χ0v) is 8.83. The van der Waals surface area contributed by atoms with Gasteiger partial charge in [-0.25, -0.2) is 0 Å². The fraction of sp³-hybridized carbons (Fsp3) is 0.333. The van der Waals surface area contributed by atoms with E-state index in [0.717, 1.165) is 22.6 Å². The lowest BCUT2D eigenvalue weighted by Crippen LogP contribution is -2.14. The Balaban J connectivity index is 2.40. The van der Waals surface area contributed by atoms with Gasteiger partial charge in [0, 0.05) is 10.9 Å². The van der Waals surface area contributed by atoms with Gasteiger partial charge < -0.3 is 5.11 Å². The molecule has 0 saturated carbocycles. The number of aliphatic hydroxyl groups excluding tert-OH is 1. The average molecular weight is 209 g/mol.